The molecular formula is C18H23F3N2O6. The van der Waals surface area contributed by atoms with Crippen LogP contribution in [0.1, 0.15) is 38.0 Å². The van der Waals surface area contributed by atoms with Crippen LogP contribution < -0.4 is 11.2 Å². The van der Waals surface area contributed by atoms with Crippen LogP contribution in [-0.2, 0) is 25.1 Å². The van der Waals surface area contributed by atoms with Gasteiger partial charge in [-0.3, -0.25) is 14.3 Å². The molecule has 0 bridgehead atoms. The maximum atomic E-state index is 13.0. The van der Waals surface area contributed by atoms with Crippen molar-refractivity contribution in [2.45, 2.75) is 50.8 Å². The summed E-state index contributed by atoms with van der Waals surface area (Å²) in [6.45, 7) is 2.56. The molecule has 1 aromatic rings. The Morgan fingerprint density at radius 1 is 1.38 bits per heavy atom. The first-order valence-corrected chi connectivity index (χ1v) is 9.06. The Hall–Kier alpha value is -2.13. The molecule has 162 valence electrons. The first-order chi connectivity index (χ1) is 13.8. The predicted molar refractivity (Wildman–Crippen MR) is 95.1 cm³/mol. The summed E-state index contributed by atoms with van der Waals surface area (Å²) in [6, 6.07) is 0. The van der Waals surface area contributed by atoms with Crippen molar-refractivity contribution >= 4 is 0 Å². The number of hydrogen-bond donors (Lipinski definition) is 1. The summed E-state index contributed by atoms with van der Waals surface area (Å²) in [5.41, 5.74) is -4.03. The summed E-state index contributed by atoms with van der Waals surface area (Å²) in [6.07, 6.45) is 0.247. The van der Waals surface area contributed by atoms with Crippen molar-refractivity contribution in [1.29, 1.82) is 0 Å². The molecule has 1 aliphatic rings. The zero-order chi connectivity index (χ0) is 21.4. The Labute approximate surface area is 164 Å². The number of aromatic nitrogens is 2. The number of H-pyrrole nitrogens is 1. The average Bonchev–Trinajstić information content (AvgIpc) is 3.04. The molecule has 0 aliphatic carbocycles. The van der Waals surface area contributed by atoms with E-state index in [0.717, 1.165) is 12.8 Å². The SMILES string of the molecule is C#CCO[C@H]1C[C@H](n2cc(C(F)(F)F)c(=O)[nH]c2=O)O[C@@H]1COCOCCCC. The molecule has 2 rings (SSSR count). The van der Waals surface area contributed by atoms with Crippen molar-refractivity contribution in [3.05, 3.63) is 32.6 Å². The molecule has 1 aliphatic heterocycles. The number of terminal acetylenes is 1. The van der Waals surface area contributed by atoms with Gasteiger partial charge in [-0.2, -0.15) is 13.2 Å². The lowest BCUT2D eigenvalue weighted by Gasteiger charge is -2.18. The minimum absolute atomic E-state index is 0.0171. The molecule has 0 saturated carbocycles. The summed E-state index contributed by atoms with van der Waals surface area (Å²) in [5, 5.41) is 0. The van der Waals surface area contributed by atoms with Gasteiger partial charge in [0.1, 0.15) is 31.3 Å². The van der Waals surface area contributed by atoms with Crippen LogP contribution in [0.3, 0.4) is 0 Å². The number of nitrogens with zero attached hydrogens (tertiary/aromatic N) is 1. The van der Waals surface area contributed by atoms with Crippen LogP contribution in [0, 0.1) is 12.3 Å². The lowest BCUT2D eigenvalue weighted by atomic mass is 10.2. The van der Waals surface area contributed by atoms with Gasteiger partial charge in [-0.15, -0.1) is 6.42 Å². The van der Waals surface area contributed by atoms with E-state index in [9.17, 15) is 22.8 Å². The number of ether oxygens (including phenoxy) is 4. The lowest BCUT2D eigenvalue weighted by molar-refractivity contribution is -0.140. The first kappa shape index (κ1) is 23.2. The summed E-state index contributed by atoms with van der Waals surface area (Å²) in [7, 11) is 0. The highest BCUT2D eigenvalue weighted by Gasteiger charge is 2.40. The average molecular weight is 420 g/mol. The van der Waals surface area contributed by atoms with Crippen LogP contribution in [0.15, 0.2) is 15.8 Å². The van der Waals surface area contributed by atoms with Gasteiger partial charge in [0.05, 0.1) is 12.7 Å². The summed E-state index contributed by atoms with van der Waals surface area (Å²) >= 11 is 0. The fourth-order valence-electron chi connectivity index (χ4n) is 2.78. The molecule has 1 saturated heterocycles. The Bertz CT molecular complexity index is 814. The van der Waals surface area contributed by atoms with Crippen LogP contribution >= 0.6 is 0 Å². The van der Waals surface area contributed by atoms with E-state index >= 15 is 0 Å². The quantitative estimate of drug-likeness (QED) is 0.352. The molecule has 3 atom stereocenters. The highest BCUT2D eigenvalue weighted by atomic mass is 19.4. The van der Waals surface area contributed by atoms with Crippen molar-refractivity contribution in [3.8, 4) is 12.3 Å². The van der Waals surface area contributed by atoms with E-state index in [-0.39, 0.29) is 26.4 Å². The van der Waals surface area contributed by atoms with E-state index in [1.165, 1.54) is 0 Å². The van der Waals surface area contributed by atoms with Gasteiger partial charge in [-0.05, 0) is 6.42 Å². The molecule has 8 nitrogen and oxygen atoms in total. The molecule has 1 fully saturated rings. The van der Waals surface area contributed by atoms with Gasteiger partial charge in [0.25, 0.3) is 5.56 Å². The van der Waals surface area contributed by atoms with Crippen LogP contribution in [0.2, 0.25) is 0 Å². The monoisotopic (exact) mass is 420 g/mol. The van der Waals surface area contributed by atoms with Gasteiger partial charge in [0, 0.05) is 19.2 Å². The van der Waals surface area contributed by atoms with E-state index in [1.54, 1.807) is 4.98 Å². The second kappa shape index (κ2) is 10.6. The van der Waals surface area contributed by atoms with Crippen LogP contribution in [0.4, 0.5) is 13.2 Å². The molecule has 29 heavy (non-hydrogen) atoms. The molecule has 0 spiro atoms. The minimum Gasteiger partial charge on any atom is -0.363 e. The number of hydrogen-bond acceptors (Lipinski definition) is 6. The number of halogens is 3. The van der Waals surface area contributed by atoms with Gasteiger partial charge in [-0.25, -0.2) is 4.79 Å². The van der Waals surface area contributed by atoms with Gasteiger partial charge in [0.2, 0.25) is 0 Å². The topological polar surface area (TPSA) is 91.8 Å². The zero-order valence-corrected chi connectivity index (χ0v) is 15.9. The van der Waals surface area contributed by atoms with E-state index in [1.807, 2.05) is 6.92 Å². The maximum absolute atomic E-state index is 13.0. The van der Waals surface area contributed by atoms with Gasteiger partial charge >= 0.3 is 11.9 Å². The molecular weight excluding hydrogens is 397 g/mol. The third-order valence-corrected chi connectivity index (χ3v) is 4.24. The largest absolute Gasteiger partial charge is 0.423 e. The molecule has 0 unspecified atom stereocenters. The third kappa shape index (κ3) is 6.43. The zero-order valence-electron chi connectivity index (χ0n) is 15.9. The number of nitrogens with one attached hydrogen (secondary N) is 1. The van der Waals surface area contributed by atoms with Gasteiger partial charge < -0.3 is 18.9 Å². The van der Waals surface area contributed by atoms with Gasteiger partial charge in [-0.1, -0.05) is 19.3 Å². The molecule has 1 N–H and O–H groups in total. The standard InChI is InChI=1S/C18H23F3N2O6/c1-3-5-7-26-11-27-10-14-13(28-6-4-2)8-15(29-14)23-9-12(18(19,20)21)16(24)22-17(23)25/h2,9,13-15H,3,5-8,10-11H2,1H3,(H,22,24,25)/t13-,14+,15+/m0/s1. The molecule has 0 amide bonds. The molecule has 2 heterocycles. The summed E-state index contributed by atoms with van der Waals surface area (Å²) < 4.78 is 61.5. The highest BCUT2D eigenvalue weighted by Crippen LogP contribution is 2.32. The second-order valence-corrected chi connectivity index (χ2v) is 6.38. The smallest absolute Gasteiger partial charge is 0.363 e. The number of alkyl halides is 3. The minimum atomic E-state index is -4.92. The van der Waals surface area contributed by atoms with Crippen molar-refractivity contribution in [1.82, 2.24) is 9.55 Å². The first-order valence-electron chi connectivity index (χ1n) is 9.06. The highest BCUT2D eigenvalue weighted by molar-refractivity contribution is 5.09. The lowest BCUT2D eigenvalue weighted by Crippen LogP contribution is -2.36. The van der Waals surface area contributed by atoms with Crippen molar-refractivity contribution in [2.75, 3.05) is 26.6 Å². The molecule has 0 aromatic carbocycles. The Kier molecular flexibility index (Phi) is 8.45. The Morgan fingerprint density at radius 2 is 2.14 bits per heavy atom. The predicted octanol–water partition coefficient (Wildman–Crippen LogP) is 1.65. The van der Waals surface area contributed by atoms with E-state index in [2.05, 4.69) is 5.92 Å². The van der Waals surface area contributed by atoms with Crippen molar-refractivity contribution in [2.24, 2.45) is 0 Å². The van der Waals surface area contributed by atoms with Crippen LogP contribution in [0.5, 0.6) is 0 Å². The summed E-state index contributed by atoms with van der Waals surface area (Å²) in [5.74, 6) is 2.30. The molecule has 1 aromatic heterocycles. The van der Waals surface area contributed by atoms with Crippen molar-refractivity contribution in [3.63, 3.8) is 0 Å². The van der Waals surface area contributed by atoms with Crippen molar-refractivity contribution < 1.29 is 32.1 Å². The van der Waals surface area contributed by atoms with E-state index < -0.39 is 41.4 Å². The van der Waals surface area contributed by atoms with Gasteiger partial charge in [0.15, 0.2) is 0 Å². The fraction of sp³-hybridized carbons (Fsp3) is 0.667. The van der Waals surface area contributed by atoms with Crippen LogP contribution in [0.25, 0.3) is 0 Å². The number of aromatic amines is 1. The van der Waals surface area contributed by atoms with Crippen LogP contribution in [-0.4, -0.2) is 48.4 Å². The maximum Gasteiger partial charge on any atom is 0.423 e. The summed E-state index contributed by atoms with van der Waals surface area (Å²) in [4.78, 5) is 25.2. The third-order valence-electron chi connectivity index (χ3n) is 4.24. The molecule has 11 heteroatoms. The second-order valence-electron chi connectivity index (χ2n) is 6.38. The van der Waals surface area contributed by atoms with E-state index in [0.29, 0.717) is 17.4 Å². The van der Waals surface area contributed by atoms with E-state index in [4.69, 9.17) is 25.4 Å². The fourth-order valence-corrected chi connectivity index (χ4v) is 2.78. The number of rotatable bonds is 10. The number of unbranched alkanes of at least 4 members (excludes halogenated alkanes) is 1. The Morgan fingerprint density at radius 3 is 2.79 bits per heavy atom. The Balaban J connectivity index is 2.11. The normalized spacial score (nSPS) is 22.0. The molecule has 0 radical (unpaired) electrons.